The molecule has 0 N–H and O–H groups in total. The molecule has 0 spiro atoms. The number of ketones is 2. The molecule has 0 saturated heterocycles. The zero-order valence-corrected chi connectivity index (χ0v) is 9.13. The Morgan fingerprint density at radius 2 is 1.65 bits per heavy atom. The maximum atomic E-state index is 12.5. The van der Waals surface area contributed by atoms with Gasteiger partial charge in [-0.3, -0.25) is 9.59 Å². The first-order valence-electron chi connectivity index (χ1n) is 7.48. The SMILES string of the molecule is [2H]c1c([2H])c([2H])c(C(=O)c2cccc(C(C)=O)c2)c([2H])c1[2H]. The van der Waals surface area contributed by atoms with Gasteiger partial charge in [0.15, 0.2) is 11.6 Å². The smallest absolute Gasteiger partial charge is 0.193 e. The van der Waals surface area contributed by atoms with E-state index in [-0.39, 0.29) is 11.3 Å². The van der Waals surface area contributed by atoms with Gasteiger partial charge in [-0.05, 0) is 13.0 Å². The summed E-state index contributed by atoms with van der Waals surface area (Å²) < 4.78 is 38.3. The molecule has 2 aromatic rings. The molecule has 17 heavy (non-hydrogen) atoms. The van der Waals surface area contributed by atoms with E-state index < -0.39 is 41.6 Å². The molecule has 84 valence electrons. The van der Waals surface area contributed by atoms with Crippen molar-refractivity contribution in [3.05, 3.63) is 71.2 Å². The summed E-state index contributed by atoms with van der Waals surface area (Å²) in [6.07, 6.45) is 0. The van der Waals surface area contributed by atoms with Crippen molar-refractivity contribution in [1.82, 2.24) is 0 Å². The average molecular weight is 229 g/mol. The summed E-state index contributed by atoms with van der Waals surface area (Å²) >= 11 is 0. The van der Waals surface area contributed by atoms with Gasteiger partial charge < -0.3 is 0 Å². The van der Waals surface area contributed by atoms with Gasteiger partial charge in [-0.1, -0.05) is 48.4 Å². The van der Waals surface area contributed by atoms with Crippen LogP contribution >= 0.6 is 0 Å². The van der Waals surface area contributed by atoms with Crippen LogP contribution in [0.25, 0.3) is 0 Å². The van der Waals surface area contributed by atoms with Gasteiger partial charge in [0.05, 0.1) is 6.85 Å². The van der Waals surface area contributed by atoms with Gasteiger partial charge in [0.2, 0.25) is 0 Å². The van der Waals surface area contributed by atoms with Gasteiger partial charge in [0.25, 0.3) is 0 Å². The Morgan fingerprint density at radius 1 is 1.00 bits per heavy atom. The fourth-order valence-corrected chi connectivity index (χ4v) is 1.39. The highest BCUT2D eigenvalue weighted by Crippen LogP contribution is 2.12. The molecular formula is C15H12O2. The molecule has 0 aliphatic carbocycles. The first-order chi connectivity index (χ1) is 10.3. The van der Waals surface area contributed by atoms with E-state index in [2.05, 4.69) is 0 Å². The first kappa shape index (κ1) is 6.50. The molecular weight excluding hydrogens is 212 g/mol. The third kappa shape index (κ3) is 2.48. The Hall–Kier alpha value is -2.22. The zero-order chi connectivity index (χ0) is 16.6. The number of hydrogen-bond donors (Lipinski definition) is 0. The van der Waals surface area contributed by atoms with Crippen LogP contribution in [0.15, 0.2) is 54.5 Å². The molecule has 0 aromatic heterocycles. The van der Waals surface area contributed by atoms with E-state index in [9.17, 15) is 9.59 Å². The molecule has 2 rings (SSSR count). The normalized spacial score (nSPS) is 14.1. The van der Waals surface area contributed by atoms with Crippen molar-refractivity contribution in [2.24, 2.45) is 0 Å². The summed E-state index contributed by atoms with van der Waals surface area (Å²) in [5.41, 5.74) is 0.0242. The molecule has 0 amide bonds. The molecule has 0 radical (unpaired) electrons. The van der Waals surface area contributed by atoms with Crippen LogP contribution in [-0.2, 0) is 0 Å². The highest BCUT2D eigenvalue weighted by Gasteiger charge is 2.09. The second-order valence-corrected chi connectivity index (χ2v) is 3.47. The first-order valence-corrected chi connectivity index (χ1v) is 4.98. The lowest BCUT2D eigenvalue weighted by molar-refractivity contribution is 0.101. The van der Waals surface area contributed by atoms with Gasteiger partial charge in [-0.15, -0.1) is 0 Å². The van der Waals surface area contributed by atoms with Crippen molar-refractivity contribution in [3.63, 3.8) is 0 Å². The molecule has 0 atom stereocenters. The molecule has 0 fully saturated rings. The lowest BCUT2D eigenvalue weighted by Gasteiger charge is -2.02. The lowest BCUT2D eigenvalue weighted by atomic mass is 10.0. The largest absolute Gasteiger partial charge is 0.295 e. The average Bonchev–Trinajstić information content (AvgIpc) is 2.51. The van der Waals surface area contributed by atoms with Crippen LogP contribution < -0.4 is 0 Å². The fraction of sp³-hybridized carbons (Fsp3) is 0.0667. The zero-order valence-electron chi connectivity index (χ0n) is 14.1. The molecule has 2 nitrogen and oxygen atoms in total. The highest BCUT2D eigenvalue weighted by atomic mass is 16.1. The van der Waals surface area contributed by atoms with Gasteiger partial charge in [-0.25, -0.2) is 0 Å². The minimum atomic E-state index is -0.708. The molecule has 0 bridgehead atoms. The molecule has 0 unspecified atom stereocenters. The van der Waals surface area contributed by atoms with Crippen molar-refractivity contribution in [2.45, 2.75) is 6.92 Å². The minimum Gasteiger partial charge on any atom is -0.295 e. The van der Waals surface area contributed by atoms with E-state index in [0.29, 0.717) is 5.56 Å². The van der Waals surface area contributed by atoms with E-state index in [0.717, 1.165) is 0 Å². The summed E-state index contributed by atoms with van der Waals surface area (Å²) in [5, 5.41) is 0. The van der Waals surface area contributed by atoms with Crippen LogP contribution in [0.1, 0.15) is 40.1 Å². The summed E-state index contributed by atoms with van der Waals surface area (Å²) in [6.45, 7) is 1.36. The Balaban J connectivity index is 2.65. The van der Waals surface area contributed by atoms with Crippen LogP contribution in [-0.4, -0.2) is 11.6 Å². The Morgan fingerprint density at radius 3 is 2.29 bits per heavy atom. The van der Waals surface area contributed by atoms with Crippen molar-refractivity contribution in [1.29, 1.82) is 0 Å². The maximum absolute atomic E-state index is 12.5. The van der Waals surface area contributed by atoms with Gasteiger partial charge in [0, 0.05) is 16.7 Å². The molecule has 0 aliphatic rings. The van der Waals surface area contributed by atoms with E-state index in [1.54, 1.807) is 6.07 Å². The molecule has 0 saturated carbocycles. The molecule has 0 heterocycles. The Bertz CT molecular complexity index is 770. The van der Waals surface area contributed by atoms with Crippen molar-refractivity contribution in [3.8, 4) is 0 Å². The standard InChI is InChI=1S/C15H12O2/c1-11(16)13-8-5-9-14(10-13)15(17)12-6-3-2-4-7-12/h2-10H,1H3/i2D,3D,4D,6D,7D. The topological polar surface area (TPSA) is 34.1 Å². The van der Waals surface area contributed by atoms with Crippen molar-refractivity contribution in [2.75, 3.05) is 0 Å². The highest BCUT2D eigenvalue weighted by molar-refractivity contribution is 6.10. The van der Waals surface area contributed by atoms with Crippen LogP contribution in [0.3, 0.4) is 0 Å². The summed E-state index contributed by atoms with van der Waals surface area (Å²) in [7, 11) is 0. The lowest BCUT2D eigenvalue weighted by Crippen LogP contribution is -2.02. The van der Waals surface area contributed by atoms with Crippen LogP contribution in [0, 0.1) is 0 Å². The van der Waals surface area contributed by atoms with E-state index in [1.807, 2.05) is 0 Å². The summed E-state index contributed by atoms with van der Waals surface area (Å²) in [4.78, 5) is 23.9. The second-order valence-electron chi connectivity index (χ2n) is 3.47. The molecule has 0 aliphatic heterocycles. The number of benzene rings is 2. The van der Waals surface area contributed by atoms with Gasteiger partial charge in [-0.2, -0.15) is 0 Å². The predicted octanol–water partition coefficient (Wildman–Crippen LogP) is 3.12. The quantitative estimate of drug-likeness (QED) is 0.758. The monoisotopic (exact) mass is 229 g/mol. The second kappa shape index (κ2) is 4.74. The number of rotatable bonds is 3. The van der Waals surface area contributed by atoms with Crippen LogP contribution in [0.2, 0.25) is 0 Å². The van der Waals surface area contributed by atoms with E-state index in [1.165, 1.54) is 25.1 Å². The third-order valence-electron chi connectivity index (χ3n) is 2.26. The van der Waals surface area contributed by atoms with Crippen LogP contribution in [0.5, 0.6) is 0 Å². The van der Waals surface area contributed by atoms with Crippen molar-refractivity contribution < 1.29 is 16.4 Å². The maximum Gasteiger partial charge on any atom is 0.193 e. The van der Waals surface area contributed by atoms with Gasteiger partial charge in [0.1, 0.15) is 0 Å². The minimum absolute atomic E-state index is 0.103. The Kier molecular flexibility index (Phi) is 1.81. The van der Waals surface area contributed by atoms with Gasteiger partial charge >= 0.3 is 0 Å². The number of carbonyl (C=O) groups is 2. The van der Waals surface area contributed by atoms with E-state index in [4.69, 9.17) is 6.85 Å². The number of Topliss-reactive ketones (excluding diaryl/α,β-unsaturated/α-hetero) is 1. The Labute approximate surface area is 107 Å². The fourth-order valence-electron chi connectivity index (χ4n) is 1.39. The predicted molar refractivity (Wildman–Crippen MR) is 66.3 cm³/mol. The third-order valence-corrected chi connectivity index (χ3v) is 2.26. The van der Waals surface area contributed by atoms with Crippen LogP contribution in [0.4, 0.5) is 0 Å². The molecule has 2 heteroatoms. The number of carbonyl (C=O) groups excluding carboxylic acids is 2. The number of hydrogen-bond acceptors (Lipinski definition) is 2. The summed E-state index contributed by atoms with van der Waals surface area (Å²) in [5.74, 6) is -0.934. The van der Waals surface area contributed by atoms with Crippen molar-refractivity contribution >= 4 is 11.6 Å². The van der Waals surface area contributed by atoms with E-state index >= 15 is 0 Å². The summed E-state index contributed by atoms with van der Waals surface area (Å²) in [6, 6.07) is 3.07. The molecule has 2 aromatic carbocycles.